The van der Waals surface area contributed by atoms with E-state index in [1.54, 1.807) is 0 Å². The van der Waals surface area contributed by atoms with Crippen LogP contribution in [0, 0.1) is 19.3 Å². The van der Waals surface area contributed by atoms with Crippen LogP contribution < -0.4 is 9.92 Å². The van der Waals surface area contributed by atoms with Crippen LogP contribution in [0.25, 0.3) is 50.3 Å². The molecule has 4 heteroatoms. The topological polar surface area (TPSA) is 44.1 Å². The summed E-state index contributed by atoms with van der Waals surface area (Å²) >= 11 is 0. The maximum Gasteiger partial charge on any atom is 0.219 e. The van der Waals surface area contributed by atoms with Crippen molar-refractivity contribution in [1.82, 2.24) is 9.14 Å². The summed E-state index contributed by atoms with van der Waals surface area (Å²) in [6.07, 6.45) is 12.9. The Labute approximate surface area is 342 Å². The molecule has 9 rings (SSSR count). The van der Waals surface area contributed by atoms with Crippen LogP contribution in [0.3, 0.4) is 0 Å². The highest BCUT2D eigenvalue weighted by Gasteiger charge is 2.25. The van der Waals surface area contributed by atoms with Crippen molar-refractivity contribution >= 4 is 80.3 Å². The average Bonchev–Trinajstić information content (AvgIpc) is 3.61. The summed E-state index contributed by atoms with van der Waals surface area (Å²) in [6, 6.07) is 52.3. The molecule has 1 aromatic heterocycles. The first-order chi connectivity index (χ1) is 28.5. The minimum Gasteiger partial charge on any atom is -0.309 e. The molecule has 58 heavy (non-hydrogen) atoms. The molecule has 1 aliphatic heterocycles. The number of aryl methyl sites for hydroxylation is 2. The van der Waals surface area contributed by atoms with Crippen molar-refractivity contribution in [3.05, 3.63) is 203 Å². The lowest BCUT2D eigenvalue weighted by Crippen LogP contribution is -2.18. The summed E-state index contributed by atoms with van der Waals surface area (Å²) in [5.41, 5.74) is 10.6. The van der Waals surface area contributed by atoms with Gasteiger partial charge < -0.3 is 4.57 Å². The number of para-hydroxylation sites is 1. The Morgan fingerprint density at radius 2 is 1.40 bits per heavy atom. The second-order valence-corrected chi connectivity index (χ2v) is 13.9. The quantitative estimate of drug-likeness (QED) is 0.0957. The molecule has 7 aromatic carbocycles. The van der Waals surface area contributed by atoms with Crippen LogP contribution in [0.4, 0.5) is 17.1 Å². The molecule has 0 spiro atoms. The Bertz CT molecular complexity index is 2950. The van der Waals surface area contributed by atoms with Crippen molar-refractivity contribution in [2.24, 2.45) is 4.99 Å². The molecule has 0 aliphatic carbocycles. The zero-order chi connectivity index (χ0) is 40.6. The van der Waals surface area contributed by atoms with Gasteiger partial charge in [0.2, 0.25) is 11.4 Å². The van der Waals surface area contributed by atoms with Gasteiger partial charge in [-0.3, -0.25) is 10.4 Å². The van der Waals surface area contributed by atoms with Gasteiger partial charge in [0.05, 0.1) is 27.7 Å². The summed E-state index contributed by atoms with van der Waals surface area (Å²) in [7, 11) is 0. The minimum absolute atomic E-state index is 0.408. The minimum atomic E-state index is 0.408. The van der Waals surface area contributed by atoms with Crippen molar-refractivity contribution < 1.29 is 0 Å². The molecular weight excluding hydrogens is 705 g/mol. The Morgan fingerprint density at radius 1 is 0.707 bits per heavy atom. The fourth-order valence-electron chi connectivity index (χ4n) is 7.81. The highest BCUT2D eigenvalue weighted by molar-refractivity contribution is 6.19. The summed E-state index contributed by atoms with van der Waals surface area (Å²) in [5, 5.41) is 16.3. The predicted molar refractivity (Wildman–Crippen MR) is 253 cm³/mol. The molecule has 0 unspecified atom stereocenters. The van der Waals surface area contributed by atoms with Gasteiger partial charge in [-0.25, -0.2) is 0 Å². The molecular formula is C54H49N4+. The van der Waals surface area contributed by atoms with Gasteiger partial charge in [0.25, 0.3) is 0 Å². The molecule has 1 aliphatic rings. The number of nitrogens with one attached hydrogen (secondary N) is 1. The second-order valence-electron chi connectivity index (χ2n) is 13.9. The lowest BCUT2D eigenvalue weighted by molar-refractivity contribution is 1.08. The predicted octanol–water partition coefficient (Wildman–Crippen LogP) is 13.6. The summed E-state index contributed by atoms with van der Waals surface area (Å²) in [5.74, 6) is 0. The van der Waals surface area contributed by atoms with E-state index >= 15 is 0 Å². The Morgan fingerprint density at radius 3 is 2.07 bits per heavy atom. The van der Waals surface area contributed by atoms with E-state index in [2.05, 4.69) is 168 Å². The van der Waals surface area contributed by atoms with Crippen molar-refractivity contribution in [2.75, 3.05) is 0 Å². The van der Waals surface area contributed by atoms with Crippen molar-refractivity contribution in [3.8, 4) is 5.69 Å². The van der Waals surface area contributed by atoms with Crippen LogP contribution in [0.2, 0.25) is 0 Å². The van der Waals surface area contributed by atoms with Crippen LogP contribution >= 0.6 is 0 Å². The van der Waals surface area contributed by atoms with Gasteiger partial charge >= 0.3 is 0 Å². The molecule has 0 saturated carbocycles. The molecule has 0 saturated heterocycles. The van der Waals surface area contributed by atoms with Crippen molar-refractivity contribution in [1.29, 1.82) is 5.41 Å². The second kappa shape index (κ2) is 17.7. The first-order valence-corrected chi connectivity index (χ1v) is 19.9. The number of rotatable bonds is 7. The molecule has 284 valence electrons. The lowest BCUT2D eigenvalue weighted by Gasteiger charge is -2.13. The van der Waals surface area contributed by atoms with Gasteiger partial charge in [0.15, 0.2) is 6.21 Å². The number of hydrogen-bond donors (Lipinski definition) is 1. The molecule has 4 nitrogen and oxygen atoms in total. The standard InChI is InChI=1S/C45H35N4.C7H8.C2H6/c1-4-5-8-17-32-28-33-18-13-23-40-44(33)43-30(2)42-36(32)21-14-22-39(42)48(27-26-41(43)49(40)34-19-11-7-12-20-34)35-24-25-38(47-3)37(29-35)45(46)31-15-9-6-10-16-31;1-7-5-3-2-4-6-7;1-2/h4-29,46H,3H2,1-2H3;2-6H,1H3;1-2H3/q+1;;/b5-4-,17-8-,27-26?,32-28?,33-28?,36-32?,41-26?,42-30?,43-30?,46-45?;;. The van der Waals surface area contributed by atoms with E-state index in [0.29, 0.717) is 11.4 Å². The van der Waals surface area contributed by atoms with Gasteiger partial charge in [-0.2, -0.15) is 4.58 Å². The molecule has 0 atom stereocenters. The van der Waals surface area contributed by atoms with Gasteiger partial charge in [-0.15, -0.1) is 0 Å². The monoisotopic (exact) mass is 753 g/mol. The van der Waals surface area contributed by atoms with Crippen LogP contribution in [-0.4, -0.2) is 23.2 Å². The number of aromatic nitrogens is 1. The first kappa shape index (κ1) is 39.1. The molecule has 2 bridgehead atoms. The zero-order valence-electron chi connectivity index (χ0n) is 33.9. The first-order valence-electron chi connectivity index (χ1n) is 19.9. The summed E-state index contributed by atoms with van der Waals surface area (Å²) in [4.78, 5) is 4.32. The summed E-state index contributed by atoms with van der Waals surface area (Å²) in [6.45, 7) is 14.2. The smallest absolute Gasteiger partial charge is 0.219 e. The zero-order valence-corrected chi connectivity index (χ0v) is 33.9. The third-order valence-electron chi connectivity index (χ3n) is 10.4. The van der Waals surface area contributed by atoms with E-state index in [-0.39, 0.29) is 0 Å². The van der Waals surface area contributed by atoms with Crippen molar-refractivity contribution in [3.63, 3.8) is 0 Å². The van der Waals surface area contributed by atoms with Crippen molar-refractivity contribution in [2.45, 2.75) is 34.6 Å². The van der Waals surface area contributed by atoms with E-state index in [1.807, 2.05) is 75.4 Å². The molecule has 0 fully saturated rings. The van der Waals surface area contributed by atoms with Gasteiger partial charge in [0.1, 0.15) is 0 Å². The lowest BCUT2D eigenvalue weighted by atomic mass is 9.94. The highest BCUT2D eigenvalue weighted by Crippen LogP contribution is 2.39. The number of aliphatic imine (C=N–C) groups is 1. The number of allylic oxidation sites excluding steroid dienone is 3. The normalized spacial score (nSPS) is 11.8. The third kappa shape index (κ3) is 7.53. The SMILES string of the molecule is C=Nc1ccc([N+]2=CC=c3c4c(C)c5c2cccc5c(/C=C\C=C/C)cc2cccc(c24)n3-c2ccccc2)cc1C(=N)c1ccccc1.CC.Cc1ccccc1. The number of nitrogens with zero attached hydrogens (tertiary/aromatic N) is 3. The fraction of sp³-hybridized carbons (Fsp3) is 0.0926. The average molecular weight is 754 g/mol. The molecule has 0 amide bonds. The van der Waals surface area contributed by atoms with E-state index < -0.39 is 0 Å². The highest BCUT2D eigenvalue weighted by atomic mass is 15.0. The number of hydrogen-bond acceptors (Lipinski definition) is 2. The van der Waals surface area contributed by atoms with Gasteiger partial charge in [-0.1, -0.05) is 147 Å². The maximum atomic E-state index is 9.19. The van der Waals surface area contributed by atoms with E-state index in [4.69, 9.17) is 0 Å². The number of benzene rings is 6. The van der Waals surface area contributed by atoms with Crippen LogP contribution in [0.1, 0.15) is 48.6 Å². The van der Waals surface area contributed by atoms with Crippen LogP contribution in [0.5, 0.6) is 0 Å². The van der Waals surface area contributed by atoms with E-state index in [0.717, 1.165) is 39.1 Å². The van der Waals surface area contributed by atoms with Gasteiger partial charge in [0, 0.05) is 51.9 Å². The Hall–Kier alpha value is -7.17. The molecule has 8 aromatic rings. The van der Waals surface area contributed by atoms with E-state index in [1.165, 1.54) is 43.6 Å². The van der Waals surface area contributed by atoms with Crippen LogP contribution in [0.15, 0.2) is 175 Å². The third-order valence-corrected chi connectivity index (χ3v) is 10.4. The fourth-order valence-corrected chi connectivity index (χ4v) is 7.81. The maximum absolute atomic E-state index is 9.19. The molecule has 0 radical (unpaired) electrons. The Kier molecular flexibility index (Phi) is 12.0. The summed E-state index contributed by atoms with van der Waals surface area (Å²) < 4.78 is 4.64. The molecule has 1 N–H and O–H groups in total. The Balaban J connectivity index is 0.000000510. The largest absolute Gasteiger partial charge is 0.309 e. The van der Waals surface area contributed by atoms with Crippen LogP contribution in [-0.2, 0) is 0 Å². The van der Waals surface area contributed by atoms with E-state index in [9.17, 15) is 5.41 Å². The molecule has 2 heterocycles. The van der Waals surface area contributed by atoms with Gasteiger partial charge in [-0.05, 0) is 79.7 Å².